The zero-order valence-corrected chi connectivity index (χ0v) is 10.9. The Bertz CT molecular complexity index is 423. The van der Waals surface area contributed by atoms with Crippen molar-refractivity contribution in [3.05, 3.63) is 23.6 Å². The molecule has 0 saturated heterocycles. The monoisotopic (exact) mass is 257 g/mol. The first-order chi connectivity index (χ1) is 7.85. The summed E-state index contributed by atoms with van der Waals surface area (Å²) in [5.41, 5.74) is 5.59. The van der Waals surface area contributed by atoms with E-state index in [-0.39, 0.29) is 16.1 Å². The third kappa shape index (κ3) is 3.89. The van der Waals surface area contributed by atoms with Crippen molar-refractivity contribution < 1.29 is 9.18 Å². The highest BCUT2D eigenvalue weighted by Crippen LogP contribution is 2.20. The molecule has 94 valence electrons. The average Bonchev–Trinajstić information content (AvgIpc) is 2.29. The predicted molar refractivity (Wildman–Crippen MR) is 68.5 cm³/mol. The van der Waals surface area contributed by atoms with Crippen molar-refractivity contribution in [2.45, 2.75) is 18.6 Å². The van der Waals surface area contributed by atoms with Crippen LogP contribution in [0.1, 0.15) is 24.2 Å². The lowest BCUT2D eigenvalue weighted by atomic mass is 10.2. The number of aromatic nitrogens is 1. The maximum absolute atomic E-state index is 12.9. The van der Waals surface area contributed by atoms with Gasteiger partial charge in [0.15, 0.2) is 0 Å². The van der Waals surface area contributed by atoms with Crippen LogP contribution >= 0.6 is 11.8 Å². The SMILES string of the molecule is CSC(C)(C)CNC(=O)c1cc(F)cnc1N. The second-order valence-electron chi connectivity index (χ2n) is 4.23. The Labute approximate surface area is 104 Å². The number of rotatable bonds is 4. The molecule has 0 radical (unpaired) electrons. The molecule has 0 aliphatic heterocycles. The van der Waals surface area contributed by atoms with Gasteiger partial charge in [0.1, 0.15) is 11.6 Å². The van der Waals surface area contributed by atoms with Crippen molar-refractivity contribution in [3.8, 4) is 0 Å². The van der Waals surface area contributed by atoms with E-state index in [1.807, 2.05) is 20.1 Å². The highest BCUT2D eigenvalue weighted by atomic mass is 32.2. The first-order valence-corrected chi connectivity index (χ1v) is 6.32. The van der Waals surface area contributed by atoms with E-state index >= 15 is 0 Å². The Kier molecular flexibility index (Phi) is 4.34. The first-order valence-electron chi connectivity index (χ1n) is 5.10. The summed E-state index contributed by atoms with van der Waals surface area (Å²) in [7, 11) is 0. The highest BCUT2D eigenvalue weighted by Gasteiger charge is 2.19. The van der Waals surface area contributed by atoms with E-state index in [2.05, 4.69) is 10.3 Å². The fraction of sp³-hybridized carbons (Fsp3) is 0.455. The number of nitrogens with zero attached hydrogens (tertiary/aromatic N) is 1. The van der Waals surface area contributed by atoms with E-state index in [0.29, 0.717) is 6.54 Å². The first kappa shape index (κ1) is 13.8. The summed E-state index contributed by atoms with van der Waals surface area (Å²) >= 11 is 1.64. The Hall–Kier alpha value is -1.30. The van der Waals surface area contributed by atoms with Crippen LogP contribution in [0.2, 0.25) is 0 Å². The van der Waals surface area contributed by atoms with E-state index in [4.69, 9.17) is 5.73 Å². The standard InChI is InChI=1S/C11H16FN3OS/c1-11(2,17-3)6-15-10(16)8-4-7(12)5-14-9(8)13/h4-5H,6H2,1-3H3,(H2,13,14)(H,15,16). The number of pyridine rings is 1. The smallest absolute Gasteiger partial charge is 0.255 e. The highest BCUT2D eigenvalue weighted by molar-refractivity contribution is 7.99. The molecule has 1 amide bonds. The quantitative estimate of drug-likeness (QED) is 0.861. The molecule has 6 heteroatoms. The van der Waals surface area contributed by atoms with Gasteiger partial charge in [-0.3, -0.25) is 4.79 Å². The number of halogens is 1. The number of carbonyl (C=O) groups excluding carboxylic acids is 1. The maximum Gasteiger partial charge on any atom is 0.255 e. The van der Waals surface area contributed by atoms with Gasteiger partial charge in [-0.15, -0.1) is 0 Å². The zero-order chi connectivity index (χ0) is 13.1. The van der Waals surface area contributed by atoms with Gasteiger partial charge in [-0.2, -0.15) is 11.8 Å². The largest absolute Gasteiger partial charge is 0.383 e. The lowest BCUT2D eigenvalue weighted by molar-refractivity contribution is 0.0951. The minimum absolute atomic E-state index is 0.0332. The fourth-order valence-electron chi connectivity index (χ4n) is 1.09. The van der Waals surface area contributed by atoms with Crippen LogP contribution in [0.15, 0.2) is 12.3 Å². The van der Waals surface area contributed by atoms with Gasteiger partial charge in [0.25, 0.3) is 5.91 Å². The lowest BCUT2D eigenvalue weighted by Gasteiger charge is -2.22. The van der Waals surface area contributed by atoms with Crippen molar-refractivity contribution in [1.82, 2.24) is 10.3 Å². The molecule has 0 spiro atoms. The number of carbonyl (C=O) groups is 1. The molecule has 0 aromatic carbocycles. The Balaban J connectivity index is 2.74. The number of hydrogen-bond donors (Lipinski definition) is 2. The molecule has 0 aliphatic rings. The minimum Gasteiger partial charge on any atom is -0.383 e. The number of thioether (sulfide) groups is 1. The van der Waals surface area contributed by atoms with Crippen molar-refractivity contribution in [3.63, 3.8) is 0 Å². The molecule has 0 saturated carbocycles. The molecular formula is C11H16FN3OS. The maximum atomic E-state index is 12.9. The molecule has 3 N–H and O–H groups in total. The van der Waals surface area contributed by atoms with Gasteiger partial charge in [0.05, 0.1) is 11.8 Å². The van der Waals surface area contributed by atoms with Crippen LogP contribution in [-0.4, -0.2) is 28.4 Å². The van der Waals surface area contributed by atoms with E-state index in [0.717, 1.165) is 12.3 Å². The summed E-state index contributed by atoms with van der Waals surface area (Å²) in [6.07, 6.45) is 2.95. The molecule has 1 aromatic rings. The molecule has 17 heavy (non-hydrogen) atoms. The van der Waals surface area contributed by atoms with Gasteiger partial charge in [0, 0.05) is 11.3 Å². The molecule has 1 heterocycles. The number of anilines is 1. The van der Waals surface area contributed by atoms with E-state index < -0.39 is 11.7 Å². The lowest BCUT2D eigenvalue weighted by Crippen LogP contribution is -2.36. The number of nitrogens with one attached hydrogen (secondary N) is 1. The molecule has 0 bridgehead atoms. The Morgan fingerprint density at radius 2 is 2.29 bits per heavy atom. The van der Waals surface area contributed by atoms with Crippen molar-refractivity contribution in [2.24, 2.45) is 0 Å². The molecule has 1 aromatic heterocycles. The summed E-state index contributed by atoms with van der Waals surface area (Å²) in [5.74, 6) is -0.948. The molecule has 4 nitrogen and oxygen atoms in total. The van der Waals surface area contributed by atoms with E-state index in [1.54, 1.807) is 11.8 Å². The average molecular weight is 257 g/mol. The van der Waals surface area contributed by atoms with Crippen LogP contribution < -0.4 is 11.1 Å². The molecule has 0 unspecified atom stereocenters. The summed E-state index contributed by atoms with van der Waals surface area (Å²) in [6.45, 7) is 4.49. The van der Waals surface area contributed by atoms with Crippen LogP contribution in [0.5, 0.6) is 0 Å². The second-order valence-corrected chi connectivity index (χ2v) is 5.75. The van der Waals surface area contributed by atoms with Gasteiger partial charge in [-0.25, -0.2) is 9.37 Å². The summed E-state index contributed by atoms with van der Waals surface area (Å²) in [6, 6.07) is 1.09. The van der Waals surface area contributed by atoms with Crippen LogP contribution in [-0.2, 0) is 0 Å². The van der Waals surface area contributed by atoms with Crippen LogP contribution in [0.25, 0.3) is 0 Å². The number of amides is 1. The van der Waals surface area contributed by atoms with Crippen LogP contribution in [0, 0.1) is 5.82 Å². The molecule has 1 rings (SSSR count). The Morgan fingerprint density at radius 3 is 2.88 bits per heavy atom. The Morgan fingerprint density at radius 1 is 1.65 bits per heavy atom. The zero-order valence-electron chi connectivity index (χ0n) is 10.1. The topological polar surface area (TPSA) is 68.0 Å². The van der Waals surface area contributed by atoms with Gasteiger partial charge >= 0.3 is 0 Å². The van der Waals surface area contributed by atoms with Crippen molar-refractivity contribution in [1.29, 1.82) is 0 Å². The van der Waals surface area contributed by atoms with Gasteiger partial charge in [-0.1, -0.05) is 0 Å². The van der Waals surface area contributed by atoms with Crippen molar-refractivity contribution in [2.75, 3.05) is 18.5 Å². The summed E-state index contributed by atoms with van der Waals surface area (Å²) in [4.78, 5) is 15.4. The third-order valence-corrected chi connectivity index (χ3v) is 3.61. The molecule has 0 atom stereocenters. The molecule has 0 aliphatic carbocycles. The van der Waals surface area contributed by atoms with E-state index in [1.165, 1.54) is 0 Å². The second kappa shape index (κ2) is 5.35. The fourth-order valence-corrected chi connectivity index (χ4v) is 1.31. The summed E-state index contributed by atoms with van der Waals surface area (Å²) < 4.78 is 12.9. The van der Waals surface area contributed by atoms with E-state index in [9.17, 15) is 9.18 Å². The third-order valence-electron chi connectivity index (χ3n) is 2.36. The van der Waals surface area contributed by atoms with Gasteiger partial charge in [0.2, 0.25) is 0 Å². The van der Waals surface area contributed by atoms with Gasteiger partial charge in [-0.05, 0) is 26.2 Å². The van der Waals surface area contributed by atoms with Gasteiger partial charge < -0.3 is 11.1 Å². The predicted octanol–water partition coefficient (Wildman–Crippen LogP) is 1.67. The number of nitrogen functional groups attached to an aromatic ring is 1. The molecular weight excluding hydrogens is 241 g/mol. The summed E-state index contributed by atoms with van der Waals surface area (Å²) in [5, 5.41) is 2.71. The van der Waals surface area contributed by atoms with Crippen LogP contribution in [0.3, 0.4) is 0 Å². The van der Waals surface area contributed by atoms with Crippen LogP contribution in [0.4, 0.5) is 10.2 Å². The normalized spacial score (nSPS) is 11.3. The van der Waals surface area contributed by atoms with Crippen molar-refractivity contribution >= 4 is 23.5 Å². The molecule has 0 fully saturated rings. The minimum atomic E-state index is -0.575. The number of nitrogens with two attached hydrogens (primary N) is 1. The number of hydrogen-bond acceptors (Lipinski definition) is 4.